The van der Waals surface area contributed by atoms with Crippen LogP contribution in [0.2, 0.25) is 0 Å². The number of nitrogens with one attached hydrogen (secondary N) is 1. The molecule has 252 valence electrons. The monoisotopic (exact) mass is 666 g/mol. The summed E-state index contributed by atoms with van der Waals surface area (Å²) in [6, 6.07) is 13.6. The molecule has 0 aliphatic carbocycles. The second kappa shape index (κ2) is 12.6. The van der Waals surface area contributed by atoms with Crippen LogP contribution in [-0.2, 0) is 22.4 Å². The van der Waals surface area contributed by atoms with Crippen LogP contribution in [0.25, 0.3) is 11.1 Å². The highest BCUT2D eigenvalue weighted by Gasteiger charge is 2.71. The summed E-state index contributed by atoms with van der Waals surface area (Å²) in [5.41, 5.74) is -5.94. The maximum Gasteiger partial charge on any atom is 0.430 e. The number of nitrogens with zero attached hydrogens (tertiary/aromatic N) is 1. The highest BCUT2D eigenvalue weighted by molar-refractivity contribution is 6.07. The second-order valence-corrected chi connectivity index (χ2v) is 11.5. The Bertz CT molecular complexity index is 1650. The third-order valence-corrected chi connectivity index (χ3v) is 8.28. The molecular formula is C33H32F6N2O6. The second-order valence-electron chi connectivity index (χ2n) is 11.5. The maximum absolute atomic E-state index is 13.5. The number of fused-ring (bicyclic) bond motifs is 1. The molecule has 0 spiro atoms. The molecule has 3 aromatic carbocycles. The van der Waals surface area contributed by atoms with Crippen LogP contribution in [0, 0.1) is 0 Å². The number of amides is 3. The fourth-order valence-corrected chi connectivity index (χ4v) is 5.68. The number of unbranched alkanes of at least 4 members (excludes halogenated alkanes) is 1. The van der Waals surface area contributed by atoms with Gasteiger partial charge < -0.3 is 24.6 Å². The van der Waals surface area contributed by atoms with Gasteiger partial charge in [0.15, 0.2) is 11.5 Å². The van der Waals surface area contributed by atoms with Gasteiger partial charge in [0, 0.05) is 12.1 Å². The van der Waals surface area contributed by atoms with Gasteiger partial charge in [-0.05, 0) is 72.7 Å². The van der Waals surface area contributed by atoms with Gasteiger partial charge in [0.1, 0.15) is 11.3 Å². The molecule has 2 aliphatic heterocycles. The zero-order valence-corrected chi connectivity index (χ0v) is 25.4. The first-order valence-electron chi connectivity index (χ1n) is 14.9. The number of urea groups is 1. The molecule has 0 aromatic heterocycles. The lowest BCUT2D eigenvalue weighted by atomic mass is 9.87. The highest BCUT2D eigenvalue weighted by atomic mass is 19.4. The Kier molecular flexibility index (Phi) is 9.10. The van der Waals surface area contributed by atoms with Crippen LogP contribution in [0.5, 0.6) is 17.2 Å². The van der Waals surface area contributed by atoms with E-state index in [4.69, 9.17) is 14.2 Å². The molecule has 14 heteroatoms. The quantitative estimate of drug-likeness (QED) is 0.130. The standard InChI is InChI=1S/C33H32F6N2O6/c1-3-7-20-16-23(31(44,32(34,35)36)33(37,38)39)10-12-25(20)21-8-6-9-24(17-21)45-15-5-4-14-41-28(42)30(2,40-29(41)43)22-11-13-26-27(18-22)47-19-46-26/h6,8-13,16-18,44H,3-5,7,14-15,19H2,1-2H3,(H,40,43). The zero-order valence-electron chi connectivity index (χ0n) is 25.4. The molecule has 2 heterocycles. The molecule has 2 N–H and O–H groups in total. The van der Waals surface area contributed by atoms with E-state index in [-0.39, 0.29) is 31.9 Å². The van der Waals surface area contributed by atoms with Crippen LogP contribution in [-0.4, -0.2) is 54.2 Å². The smallest absolute Gasteiger partial charge is 0.430 e. The number of halogens is 6. The van der Waals surface area contributed by atoms with Crippen molar-refractivity contribution in [3.8, 4) is 28.4 Å². The molecule has 1 atom stereocenters. The minimum atomic E-state index is -5.98. The van der Waals surface area contributed by atoms with Crippen LogP contribution in [0.3, 0.4) is 0 Å². The van der Waals surface area contributed by atoms with Gasteiger partial charge in [0.2, 0.25) is 6.79 Å². The normalized spacial score (nSPS) is 18.1. The number of aryl methyl sites for hydroxylation is 1. The van der Waals surface area contributed by atoms with E-state index in [9.17, 15) is 41.0 Å². The van der Waals surface area contributed by atoms with Crippen LogP contribution < -0.4 is 19.5 Å². The highest BCUT2D eigenvalue weighted by Crippen LogP contribution is 2.50. The Hall–Kier alpha value is -4.46. The number of carbonyl (C=O) groups excluding carboxylic acids is 2. The third kappa shape index (κ3) is 6.30. The number of aliphatic hydroxyl groups is 1. The molecule has 3 amide bonds. The van der Waals surface area contributed by atoms with Gasteiger partial charge in [-0.25, -0.2) is 4.79 Å². The predicted octanol–water partition coefficient (Wildman–Crippen LogP) is 6.97. The minimum absolute atomic E-state index is 0.0726. The van der Waals surface area contributed by atoms with Crippen molar-refractivity contribution in [2.45, 2.75) is 63.0 Å². The topological polar surface area (TPSA) is 97.3 Å². The lowest BCUT2D eigenvalue weighted by Gasteiger charge is -2.33. The van der Waals surface area contributed by atoms with Gasteiger partial charge in [-0.15, -0.1) is 0 Å². The molecule has 1 fully saturated rings. The molecular weight excluding hydrogens is 634 g/mol. The molecule has 0 bridgehead atoms. The summed E-state index contributed by atoms with van der Waals surface area (Å²) in [5.74, 6) is 1.03. The molecule has 0 saturated carbocycles. The van der Waals surface area contributed by atoms with Crippen LogP contribution in [0.4, 0.5) is 31.1 Å². The van der Waals surface area contributed by atoms with Crippen molar-refractivity contribution in [3.63, 3.8) is 0 Å². The summed E-state index contributed by atoms with van der Waals surface area (Å²) in [4.78, 5) is 27.1. The third-order valence-electron chi connectivity index (χ3n) is 8.28. The van der Waals surface area contributed by atoms with Gasteiger partial charge >= 0.3 is 18.4 Å². The van der Waals surface area contributed by atoms with Crippen LogP contribution in [0.1, 0.15) is 49.8 Å². The lowest BCUT2D eigenvalue weighted by molar-refractivity contribution is -0.376. The lowest BCUT2D eigenvalue weighted by Crippen LogP contribution is -2.53. The van der Waals surface area contributed by atoms with Crippen LogP contribution >= 0.6 is 0 Å². The van der Waals surface area contributed by atoms with Gasteiger partial charge in [-0.2, -0.15) is 26.3 Å². The minimum Gasteiger partial charge on any atom is -0.494 e. The Labute approximate surface area is 266 Å². The number of ether oxygens (including phenoxy) is 3. The van der Waals surface area contributed by atoms with E-state index in [2.05, 4.69) is 5.32 Å². The van der Waals surface area contributed by atoms with Gasteiger partial charge in [-0.3, -0.25) is 9.69 Å². The number of hydrogen-bond donors (Lipinski definition) is 2. The molecule has 1 unspecified atom stereocenters. The molecule has 8 nitrogen and oxygen atoms in total. The summed E-state index contributed by atoms with van der Waals surface area (Å²) in [5, 5.41) is 12.6. The molecule has 3 aromatic rings. The summed E-state index contributed by atoms with van der Waals surface area (Å²) in [6.45, 7) is 3.77. The van der Waals surface area contributed by atoms with E-state index >= 15 is 0 Å². The Morgan fingerprint density at radius 1 is 0.936 bits per heavy atom. The summed E-state index contributed by atoms with van der Waals surface area (Å²) in [6.07, 6.45) is -10.5. The van der Waals surface area contributed by atoms with Gasteiger partial charge in [-0.1, -0.05) is 49.7 Å². The number of carbonyl (C=O) groups is 2. The first-order chi connectivity index (χ1) is 22.1. The summed E-state index contributed by atoms with van der Waals surface area (Å²) in [7, 11) is 0. The van der Waals surface area contributed by atoms with Crippen molar-refractivity contribution in [2.24, 2.45) is 0 Å². The fraction of sp³-hybridized carbons (Fsp3) is 0.394. The van der Waals surface area contributed by atoms with E-state index in [1.165, 1.54) is 0 Å². The number of rotatable bonds is 11. The number of hydrogen-bond acceptors (Lipinski definition) is 6. The summed E-state index contributed by atoms with van der Waals surface area (Å²) >= 11 is 0. The van der Waals surface area contributed by atoms with Crippen molar-refractivity contribution in [1.29, 1.82) is 0 Å². The maximum atomic E-state index is 13.5. The fourth-order valence-electron chi connectivity index (χ4n) is 5.68. The van der Waals surface area contributed by atoms with Crippen molar-refractivity contribution >= 4 is 11.9 Å². The average molecular weight is 667 g/mol. The molecule has 5 rings (SSSR count). The Morgan fingerprint density at radius 3 is 2.36 bits per heavy atom. The van der Waals surface area contributed by atoms with E-state index in [0.717, 1.165) is 17.0 Å². The van der Waals surface area contributed by atoms with Crippen molar-refractivity contribution < 1.29 is 55.2 Å². The predicted molar refractivity (Wildman–Crippen MR) is 157 cm³/mol. The van der Waals surface area contributed by atoms with Crippen LogP contribution in [0.15, 0.2) is 60.7 Å². The van der Waals surface area contributed by atoms with E-state index in [0.29, 0.717) is 59.3 Å². The Balaban J connectivity index is 1.22. The van der Waals surface area contributed by atoms with Crippen molar-refractivity contribution in [3.05, 3.63) is 77.4 Å². The van der Waals surface area contributed by atoms with E-state index < -0.39 is 41.0 Å². The van der Waals surface area contributed by atoms with Crippen molar-refractivity contribution in [2.75, 3.05) is 19.9 Å². The molecule has 1 saturated heterocycles. The zero-order chi connectivity index (χ0) is 34.2. The number of alkyl halides is 6. The number of imide groups is 1. The van der Waals surface area contributed by atoms with Gasteiger partial charge in [0.25, 0.3) is 11.5 Å². The Morgan fingerprint density at radius 2 is 1.66 bits per heavy atom. The SMILES string of the molecule is CCCc1cc(C(O)(C(F)(F)F)C(F)(F)F)ccc1-c1cccc(OCCCCN2C(=O)NC(C)(c3ccc4c(c3)OCO4)C2=O)c1. The first kappa shape index (κ1) is 33.9. The molecule has 0 radical (unpaired) electrons. The van der Waals surface area contributed by atoms with Gasteiger partial charge in [0.05, 0.1) is 6.61 Å². The van der Waals surface area contributed by atoms with E-state index in [1.54, 1.807) is 56.3 Å². The van der Waals surface area contributed by atoms with Crippen molar-refractivity contribution in [1.82, 2.24) is 10.2 Å². The average Bonchev–Trinajstić information content (AvgIpc) is 3.57. The first-order valence-corrected chi connectivity index (χ1v) is 14.9. The summed E-state index contributed by atoms with van der Waals surface area (Å²) < 4.78 is 97.5. The molecule has 2 aliphatic rings. The largest absolute Gasteiger partial charge is 0.494 e. The van der Waals surface area contributed by atoms with E-state index in [1.807, 2.05) is 0 Å². The molecule has 47 heavy (non-hydrogen) atoms. The number of benzene rings is 3.